The highest BCUT2D eigenvalue weighted by Gasteiger charge is 2.07. The Morgan fingerprint density at radius 2 is 1.94 bits per heavy atom. The van der Waals surface area contributed by atoms with Crippen LogP contribution in [-0.2, 0) is 0 Å². The summed E-state index contributed by atoms with van der Waals surface area (Å²) in [6, 6.07) is 5.58. The van der Waals surface area contributed by atoms with E-state index in [0.717, 1.165) is 22.5 Å². The molecule has 3 heteroatoms. The number of aromatic amines is 1. The Balaban J connectivity index is 2.65. The fourth-order valence-electron chi connectivity index (χ4n) is 1.83. The van der Waals surface area contributed by atoms with Crippen LogP contribution in [0.1, 0.15) is 25.1 Å². The smallest absolute Gasteiger partial charge is 0.192 e. The number of H-pyrrole nitrogens is 1. The highest BCUT2D eigenvalue weighted by atomic mass is 16.5. The van der Waals surface area contributed by atoms with Gasteiger partial charge in [0.25, 0.3) is 0 Å². The minimum absolute atomic E-state index is 0.0745. The minimum Gasteiger partial charge on any atom is -0.491 e. The number of rotatable bonds is 2. The van der Waals surface area contributed by atoms with Crippen molar-refractivity contribution in [3.8, 4) is 5.75 Å². The van der Waals surface area contributed by atoms with Gasteiger partial charge in [-0.3, -0.25) is 4.79 Å². The Bertz CT molecular complexity index is 611. The van der Waals surface area contributed by atoms with Gasteiger partial charge < -0.3 is 9.72 Å². The fraction of sp³-hybridized carbons (Fsp3) is 0.357. The molecule has 0 radical (unpaired) electrons. The Morgan fingerprint density at radius 3 is 2.59 bits per heavy atom. The van der Waals surface area contributed by atoms with E-state index in [2.05, 4.69) is 4.98 Å². The number of aryl methyl sites for hydroxylation is 1. The summed E-state index contributed by atoms with van der Waals surface area (Å²) >= 11 is 0. The molecule has 0 unspecified atom stereocenters. The molecule has 0 aliphatic heterocycles. The molecule has 0 bridgehead atoms. The van der Waals surface area contributed by atoms with Crippen molar-refractivity contribution in [2.24, 2.45) is 0 Å². The number of hydrogen-bond acceptors (Lipinski definition) is 2. The van der Waals surface area contributed by atoms with Gasteiger partial charge in [-0.1, -0.05) is 0 Å². The third-order valence-corrected chi connectivity index (χ3v) is 2.83. The molecule has 2 rings (SSSR count). The molecule has 0 aliphatic carbocycles. The maximum atomic E-state index is 12.1. The fourth-order valence-corrected chi connectivity index (χ4v) is 1.83. The molecule has 0 amide bonds. The van der Waals surface area contributed by atoms with Crippen molar-refractivity contribution < 1.29 is 4.74 Å². The van der Waals surface area contributed by atoms with E-state index in [1.807, 2.05) is 39.8 Å². The third-order valence-electron chi connectivity index (χ3n) is 2.83. The van der Waals surface area contributed by atoms with Crippen LogP contribution in [0.5, 0.6) is 5.75 Å². The van der Waals surface area contributed by atoms with Crippen molar-refractivity contribution in [1.29, 1.82) is 0 Å². The van der Waals surface area contributed by atoms with Gasteiger partial charge in [0.1, 0.15) is 5.75 Å². The third kappa shape index (κ3) is 2.18. The molecule has 0 aliphatic rings. The molecule has 1 aromatic heterocycles. The Kier molecular flexibility index (Phi) is 2.92. The maximum Gasteiger partial charge on any atom is 0.192 e. The zero-order valence-corrected chi connectivity index (χ0v) is 10.6. The van der Waals surface area contributed by atoms with E-state index in [1.165, 1.54) is 0 Å². The van der Waals surface area contributed by atoms with E-state index in [1.54, 1.807) is 6.07 Å². The maximum absolute atomic E-state index is 12.1. The quantitative estimate of drug-likeness (QED) is 0.863. The first-order valence-corrected chi connectivity index (χ1v) is 5.79. The van der Waals surface area contributed by atoms with Crippen molar-refractivity contribution in [1.82, 2.24) is 4.98 Å². The number of pyridine rings is 1. The number of benzene rings is 1. The predicted molar refractivity (Wildman–Crippen MR) is 69.8 cm³/mol. The summed E-state index contributed by atoms with van der Waals surface area (Å²) in [6.07, 6.45) is 0.109. The summed E-state index contributed by atoms with van der Waals surface area (Å²) in [7, 11) is 0. The second-order valence-electron chi connectivity index (χ2n) is 4.58. The molecule has 1 N–H and O–H groups in total. The van der Waals surface area contributed by atoms with E-state index >= 15 is 0 Å². The predicted octanol–water partition coefficient (Wildman–Crippen LogP) is 2.93. The summed E-state index contributed by atoms with van der Waals surface area (Å²) in [6.45, 7) is 7.68. The summed E-state index contributed by atoms with van der Waals surface area (Å²) < 4.78 is 5.59. The van der Waals surface area contributed by atoms with Gasteiger partial charge in [0.05, 0.1) is 6.10 Å². The first-order chi connectivity index (χ1) is 7.99. The highest BCUT2D eigenvalue weighted by molar-refractivity contribution is 5.80. The molecule has 17 heavy (non-hydrogen) atoms. The van der Waals surface area contributed by atoms with Crippen molar-refractivity contribution in [3.05, 3.63) is 39.7 Å². The summed E-state index contributed by atoms with van der Waals surface area (Å²) in [4.78, 5) is 15.3. The Morgan fingerprint density at radius 1 is 1.24 bits per heavy atom. The number of hydrogen-bond donors (Lipinski definition) is 1. The second-order valence-corrected chi connectivity index (χ2v) is 4.58. The Labute approximate surface area is 100 Å². The van der Waals surface area contributed by atoms with E-state index in [4.69, 9.17) is 4.74 Å². The van der Waals surface area contributed by atoms with Crippen LogP contribution in [0.4, 0.5) is 0 Å². The average Bonchev–Trinajstić information content (AvgIpc) is 2.26. The highest BCUT2D eigenvalue weighted by Crippen LogP contribution is 2.19. The standard InChI is InChI=1S/C14H17NO2/c1-8(2)17-11-5-6-13-12(7-11)14(16)9(3)10(4)15-13/h5-8H,1-4H3,(H,15,16). The monoisotopic (exact) mass is 231 g/mol. The summed E-state index contributed by atoms with van der Waals surface area (Å²) in [5.41, 5.74) is 2.61. The second kappa shape index (κ2) is 4.24. The largest absolute Gasteiger partial charge is 0.491 e. The summed E-state index contributed by atoms with van der Waals surface area (Å²) in [5.74, 6) is 0.737. The number of ether oxygens (including phenoxy) is 1. The molecule has 0 fully saturated rings. The van der Waals surface area contributed by atoms with Crippen LogP contribution in [-0.4, -0.2) is 11.1 Å². The SMILES string of the molecule is Cc1[nH]c2ccc(OC(C)C)cc2c(=O)c1C. The first kappa shape index (κ1) is 11.7. The lowest BCUT2D eigenvalue weighted by Crippen LogP contribution is -2.10. The van der Waals surface area contributed by atoms with Crippen LogP contribution in [0.15, 0.2) is 23.0 Å². The number of aromatic nitrogens is 1. The van der Waals surface area contributed by atoms with Crippen molar-refractivity contribution in [2.45, 2.75) is 33.8 Å². The van der Waals surface area contributed by atoms with E-state index in [-0.39, 0.29) is 11.5 Å². The minimum atomic E-state index is 0.0745. The van der Waals surface area contributed by atoms with Gasteiger partial charge in [0, 0.05) is 22.2 Å². The zero-order chi connectivity index (χ0) is 12.6. The van der Waals surface area contributed by atoms with Gasteiger partial charge >= 0.3 is 0 Å². The Hall–Kier alpha value is -1.77. The lowest BCUT2D eigenvalue weighted by molar-refractivity contribution is 0.243. The summed E-state index contributed by atoms with van der Waals surface area (Å²) in [5, 5.41) is 0.686. The molecular formula is C14H17NO2. The average molecular weight is 231 g/mol. The van der Waals surface area contributed by atoms with E-state index in [0.29, 0.717) is 5.39 Å². The van der Waals surface area contributed by atoms with E-state index < -0.39 is 0 Å². The molecular weight excluding hydrogens is 214 g/mol. The van der Waals surface area contributed by atoms with Crippen LogP contribution in [0, 0.1) is 13.8 Å². The molecule has 90 valence electrons. The van der Waals surface area contributed by atoms with Crippen molar-refractivity contribution in [2.75, 3.05) is 0 Å². The molecule has 0 atom stereocenters. The van der Waals surface area contributed by atoms with Gasteiger partial charge in [-0.05, 0) is 45.9 Å². The van der Waals surface area contributed by atoms with Crippen LogP contribution in [0.25, 0.3) is 10.9 Å². The molecule has 0 spiro atoms. The van der Waals surface area contributed by atoms with Crippen LogP contribution < -0.4 is 10.2 Å². The van der Waals surface area contributed by atoms with Gasteiger partial charge in [-0.15, -0.1) is 0 Å². The normalized spacial score (nSPS) is 11.1. The van der Waals surface area contributed by atoms with Gasteiger partial charge in [0.2, 0.25) is 0 Å². The molecule has 3 nitrogen and oxygen atoms in total. The zero-order valence-electron chi connectivity index (χ0n) is 10.6. The van der Waals surface area contributed by atoms with Gasteiger partial charge in [-0.2, -0.15) is 0 Å². The lowest BCUT2D eigenvalue weighted by atomic mass is 10.1. The van der Waals surface area contributed by atoms with Crippen molar-refractivity contribution >= 4 is 10.9 Å². The molecule has 1 aromatic carbocycles. The lowest BCUT2D eigenvalue weighted by Gasteiger charge is -2.11. The van der Waals surface area contributed by atoms with Crippen LogP contribution in [0.3, 0.4) is 0 Å². The molecule has 2 aromatic rings. The molecule has 1 heterocycles. The molecule has 0 saturated carbocycles. The number of nitrogens with one attached hydrogen (secondary N) is 1. The number of fused-ring (bicyclic) bond motifs is 1. The van der Waals surface area contributed by atoms with Gasteiger partial charge in [0.15, 0.2) is 5.43 Å². The first-order valence-electron chi connectivity index (χ1n) is 5.79. The van der Waals surface area contributed by atoms with Crippen molar-refractivity contribution in [3.63, 3.8) is 0 Å². The van der Waals surface area contributed by atoms with Crippen LogP contribution in [0.2, 0.25) is 0 Å². The van der Waals surface area contributed by atoms with E-state index in [9.17, 15) is 4.79 Å². The molecule has 0 saturated heterocycles. The van der Waals surface area contributed by atoms with Crippen LogP contribution >= 0.6 is 0 Å². The topological polar surface area (TPSA) is 42.1 Å². The van der Waals surface area contributed by atoms with Gasteiger partial charge in [-0.25, -0.2) is 0 Å².